The maximum Gasteiger partial charge on any atom is 0.0461 e. The molecule has 0 radical (unpaired) electrons. The Kier molecular flexibility index (Phi) is 3.79. The van der Waals surface area contributed by atoms with Gasteiger partial charge < -0.3 is 5.73 Å². The second kappa shape index (κ2) is 4.99. The van der Waals surface area contributed by atoms with E-state index in [0.717, 1.165) is 16.7 Å². The SMILES string of the molecule is CC1(C)CCCN(Cc2cccc(N)c2Br)C1. The zero-order chi connectivity index (χ0) is 12.5. The number of rotatable bonds is 2. The number of hydrogen-bond donors (Lipinski definition) is 1. The first kappa shape index (κ1) is 12.9. The summed E-state index contributed by atoms with van der Waals surface area (Å²) in [4.78, 5) is 2.53. The molecule has 1 aromatic rings. The van der Waals surface area contributed by atoms with E-state index in [0.29, 0.717) is 5.41 Å². The minimum absolute atomic E-state index is 0.449. The van der Waals surface area contributed by atoms with Crippen LogP contribution in [0.4, 0.5) is 5.69 Å². The molecule has 2 rings (SSSR count). The van der Waals surface area contributed by atoms with Gasteiger partial charge >= 0.3 is 0 Å². The maximum absolute atomic E-state index is 5.91. The highest BCUT2D eigenvalue weighted by atomic mass is 79.9. The number of piperidine rings is 1. The lowest BCUT2D eigenvalue weighted by atomic mass is 9.84. The number of nitrogen functional groups attached to an aromatic ring is 1. The van der Waals surface area contributed by atoms with Crippen molar-refractivity contribution in [3.63, 3.8) is 0 Å². The minimum atomic E-state index is 0.449. The monoisotopic (exact) mass is 296 g/mol. The molecule has 3 heteroatoms. The molecule has 2 N–H and O–H groups in total. The second-order valence-corrected chi connectivity index (χ2v) is 6.59. The summed E-state index contributed by atoms with van der Waals surface area (Å²) >= 11 is 3.58. The third-order valence-electron chi connectivity index (χ3n) is 3.48. The highest BCUT2D eigenvalue weighted by Crippen LogP contribution is 2.31. The molecule has 1 saturated heterocycles. The summed E-state index contributed by atoms with van der Waals surface area (Å²) < 4.78 is 1.06. The lowest BCUT2D eigenvalue weighted by molar-refractivity contribution is 0.111. The van der Waals surface area contributed by atoms with Gasteiger partial charge in [-0.25, -0.2) is 0 Å². The second-order valence-electron chi connectivity index (χ2n) is 5.80. The van der Waals surface area contributed by atoms with E-state index in [1.807, 2.05) is 12.1 Å². The molecule has 17 heavy (non-hydrogen) atoms. The first-order chi connectivity index (χ1) is 7.98. The molecular formula is C14H21BrN2. The fourth-order valence-corrected chi connectivity index (χ4v) is 3.03. The summed E-state index contributed by atoms with van der Waals surface area (Å²) in [5, 5.41) is 0. The number of halogens is 1. The molecule has 1 aliphatic rings. The van der Waals surface area contributed by atoms with Crippen molar-refractivity contribution < 1.29 is 0 Å². The molecule has 0 amide bonds. The smallest absolute Gasteiger partial charge is 0.0461 e. The highest BCUT2D eigenvalue weighted by Gasteiger charge is 2.26. The van der Waals surface area contributed by atoms with E-state index < -0.39 is 0 Å². The molecule has 94 valence electrons. The van der Waals surface area contributed by atoms with Crippen LogP contribution in [0.15, 0.2) is 22.7 Å². The van der Waals surface area contributed by atoms with E-state index in [2.05, 4.69) is 40.7 Å². The molecule has 0 spiro atoms. The van der Waals surface area contributed by atoms with Crippen LogP contribution in [0.3, 0.4) is 0 Å². The molecule has 0 saturated carbocycles. The largest absolute Gasteiger partial charge is 0.398 e. The van der Waals surface area contributed by atoms with Gasteiger partial charge in [0.25, 0.3) is 0 Å². The van der Waals surface area contributed by atoms with E-state index in [-0.39, 0.29) is 0 Å². The third-order valence-corrected chi connectivity index (χ3v) is 4.45. The molecule has 0 aromatic heterocycles. The summed E-state index contributed by atoms with van der Waals surface area (Å²) in [6, 6.07) is 6.13. The number of likely N-dealkylation sites (tertiary alicyclic amines) is 1. The van der Waals surface area contributed by atoms with Gasteiger partial charge in [0.05, 0.1) is 0 Å². The standard InChI is InChI=1S/C14H21BrN2/c1-14(2)7-4-8-17(10-14)9-11-5-3-6-12(16)13(11)15/h3,5-6H,4,7-10,16H2,1-2H3. The summed E-state index contributed by atoms with van der Waals surface area (Å²) in [6.45, 7) is 8.08. The van der Waals surface area contributed by atoms with Crippen molar-refractivity contribution in [2.45, 2.75) is 33.2 Å². The third kappa shape index (κ3) is 3.23. The van der Waals surface area contributed by atoms with Crippen molar-refractivity contribution in [3.8, 4) is 0 Å². The summed E-state index contributed by atoms with van der Waals surface area (Å²) in [6.07, 6.45) is 2.63. The molecule has 1 heterocycles. The first-order valence-corrected chi connectivity index (χ1v) is 7.02. The van der Waals surface area contributed by atoms with Crippen molar-refractivity contribution in [3.05, 3.63) is 28.2 Å². The van der Waals surface area contributed by atoms with Gasteiger partial charge in [0.2, 0.25) is 0 Å². The Balaban J connectivity index is 2.08. The summed E-state index contributed by atoms with van der Waals surface area (Å²) in [5.41, 5.74) is 8.49. The van der Waals surface area contributed by atoms with Crippen molar-refractivity contribution >= 4 is 21.6 Å². The number of benzene rings is 1. The molecule has 0 atom stereocenters. The summed E-state index contributed by atoms with van der Waals surface area (Å²) in [7, 11) is 0. The van der Waals surface area contributed by atoms with Crippen LogP contribution in [0, 0.1) is 5.41 Å². The zero-order valence-corrected chi connectivity index (χ0v) is 12.3. The fraction of sp³-hybridized carbons (Fsp3) is 0.571. The van der Waals surface area contributed by atoms with Crippen LogP contribution < -0.4 is 5.73 Å². The molecule has 2 nitrogen and oxygen atoms in total. The van der Waals surface area contributed by atoms with Gasteiger partial charge in [0.15, 0.2) is 0 Å². The van der Waals surface area contributed by atoms with Gasteiger partial charge in [0.1, 0.15) is 0 Å². The van der Waals surface area contributed by atoms with E-state index in [9.17, 15) is 0 Å². The van der Waals surface area contributed by atoms with Crippen LogP contribution in [0.1, 0.15) is 32.3 Å². The van der Waals surface area contributed by atoms with Gasteiger partial charge in [-0.15, -0.1) is 0 Å². The number of nitrogens with zero attached hydrogens (tertiary/aromatic N) is 1. The van der Waals surface area contributed by atoms with Crippen LogP contribution in [0.5, 0.6) is 0 Å². The Bertz CT molecular complexity index is 401. The Morgan fingerprint density at radius 2 is 2.18 bits per heavy atom. The van der Waals surface area contributed by atoms with Crippen LogP contribution in [-0.4, -0.2) is 18.0 Å². The Morgan fingerprint density at radius 1 is 1.41 bits per heavy atom. The molecule has 0 unspecified atom stereocenters. The normalized spacial score (nSPS) is 20.4. The van der Waals surface area contributed by atoms with Crippen molar-refractivity contribution in [2.24, 2.45) is 5.41 Å². The van der Waals surface area contributed by atoms with E-state index in [4.69, 9.17) is 5.73 Å². The van der Waals surface area contributed by atoms with E-state index >= 15 is 0 Å². The van der Waals surface area contributed by atoms with Gasteiger partial charge in [0, 0.05) is 23.2 Å². The minimum Gasteiger partial charge on any atom is -0.398 e. The number of nitrogens with two attached hydrogens (primary N) is 1. The van der Waals surface area contributed by atoms with Crippen molar-refractivity contribution in [1.82, 2.24) is 4.90 Å². The average molecular weight is 297 g/mol. The Labute approximate surface area is 112 Å². The van der Waals surface area contributed by atoms with Crippen LogP contribution in [0.25, 0.3) is 0 Å². The number of anilines is 1. The molecule has 1 aliphatic heterocycles. The van der Waals surface area contributed by atoms with Crippen molar-refractivity contribution in [1.29, 1.82) is 0 Å². The average Bonchev–Trinajstić information content (AvgIpc) is 2.23. The van der Waals surface area contributed by atoms with Gasteiger partial charge in [-0.1, -0.05) is 26.0 Å². The molecule has 1 aromatic carbocycles. The van der Waals surface area contributed by atoms with Crippen LogP contribution in [-0.2, 0) is 6.54 Å². The molecular weight excluding hydrogens is 276 g/mol. The Morgan fingerprint density at radius 3 is 2.88 bits per heavy atom. The predicted octanol–water partition coefficient (Wildman–Crippen LogP) is 3.65. The molecule has 0 aliphatic carbocycles. The van der Waals surface area contributed by atoms with Crippen molar-refractivity contribution in [2.75, 3.05) is 18.8 Å². The zero-order valence-electron chi connectivity index (χ0n) is 10.7. The van der Waals surface area contributed by atoms with Gasteiger partial charge in [-0.3, -0.25) is 4.90 Å². The van der Waals surface area contributed by atoms with E-state index in [1.54, 1.807) is 0 Å². The summed E-state index contributed by atoms with van der Waals surface area (Å²) in [5.74, 6) is 0. The molecule has 0 bridgehead atoms. The first-order valence-electron chi connectivity index (χ1n) is 6.23. The highest BCUT2D eigenvalue weighted by molar-refractivity contribution is 9.10. The van der Waals surface area contributed by atoms with Crippen LogP contribution in [0.2, 0.25) is 0 Å². The number of hydrogen-bond acceptors (Lipinski definition) is 2. The lowest BCUT2D eigenvalue weighted by Gasteiger charge is -2.38. The van der Waals surface area contributed by atoms with Gasteiger partial charge in [-0.05, 0) is 52.4 Å². The molecule has 1 fully saturated rings. The van der Waals surface area contributed by atoms with Gasteiger partial charge in [-0.2, -0.15) is 0 Å². The van der Waals surface area contributed by atoms with E-state index in [1.165, 1.54) is 31.5 Å². The van der Waals surface area contributed by atoms with Crippen LogP contribution >= 0.6 is 15.9 Å². The predicted molar refractivity (Wildman–Crippen MR) is 76.8 cm³/mol. The topological polar surface area (TPSA) is 29.3 Å². The fourth-order valence-electron chi connectivity index (χ4n) is 2.64. The maximum atomic E-state index is 5.91. The Hall–Kier alpha value is -0.540. The lowest BCUT2D eigenvalue weighted by Crippen LogP contribution is -2.39. The quantitative estimate of drug-likeness (QED) is 0.844.